The van der Waals surface area contributed by atoms with Crippen molar-refractivity contribution in [2.75, 3.05) is 0 Å². The van der Waals surface area contributed by atoms with Gasteiger partial charge in [-0.25, -0.2) is 14.5 Å². The van der Waals surface area contributed by atoms with E-state index in [0.29, 0.717) is 22.6 Å². The van der Waals surface area contributed by atoms with Gasteiger partial charge in [0.25, 0.3) is 0 Å². The zero-order valence-corrected chi connectivity index (χ0v) is 11.8. The largest absolute Gasteiger partial charge is 0.478 e. The number of hydrogen-bond acceptors (Lipinski definition) is 3. The molecule has 0 saturated carbocycles. The third-order valence-electron chi connectivity index (χ3n) is 3.37. The van der Waals surface area contributed by atoms with Crippen molar-refractivity contribution in [1.29, 1.82) is 0 Å². The topological polar surface area (TPSA) is 68.0 Å². The molecule has 0 aliphatic heterocycles. The van der Waals surface area contributed by atoms with E-state index in [1.165, 1.54) is 0 Å². The fourth-order valence-electron chi connectivity index (χ4n) is 2.23. The van der Waals surface area contributed by atoms with Crippen molar-refractivity contribution in [2.45, 2.75) is 19.8 Å². The SMILES string of the molecule is CC(C)c1ccn(-c2cc(C(=O)O)c3ccccc3n2)n1. The number of aromatic carboxylic acids is 1. The van der Waals surface area contributed by atoms with Gasteiger partial charge >= 0.3 is 5.97 Å². The third-order valence-corrected chi connectivity index (χ3v) is 3.37. The number of fused-ring (bicyclic) bond motifs is 1. The Morgan fingerprint density at radius 3 is 2.67 bits per heavy atom. The number of para-hydroxylation sites is 1. The number of carboxylic acid groups (broad SMARTS) is 1. The molecule has 0 aliphatic carbocycles. The van der Waals surface area contributed by atoms with Crippen LogP contribution >= 0.6 is 0 Å². The minimum absolute atomic E-state index is 0.234. The Morgan fingerprint density at radius 1 is 1.24 bits per heavy atom. The summed E-state index contributed by atoms with van der Waals surface area (Å²) in [5.74, 6) is -0.144. The molecule has 1 N–H and O–H groups in total. The summed E-state index contributed by atoms with van der Waals surface area (Å²) >= 11 is 0. The predicted octanol–water partition coefficient (Wildman–Crippen LogP) is 3.24. The standard InChI is InChI=1S/C16H15N3O2/c1-10(2)13-7-8-19(18-13)15-9-12(16(20)21)11-5-3-4-6-14(11)17-15/h3-10H,1-2H3,(H,20,21). The summed E-state index contributed by atoms with van der Waals surface area (Å²) in [7, 11) is 0. The average molecular weight is 281 g/mol. The van der Waals surface area contributed by atoms with Crippen molar-refractivity contribution in [3.05, 3.63) is 53.9 Å². The predicted molar refractivity (Wildman–Crippen MR) is 79.9 cm³/mol. The molecule has 0 atom stereocenters. The smallest absolute Gasteiger partial charge is 0.336 e. The molecule has 0 unspecified atom stereocenters. The van der Waals surface area contributed by atoms with Crippen LogP contribution in [0.4, 0.5) is 0 Å². The molecule has 2 heterocycles. The molecule has 0 fully saturated rings. The van der Waals surface area contributed by atoms with Crippen LogP contribution in [0.15, 0.2) is 42.6 Å². The van der Waals surface area contributed by atoms with Crippen LogP contribution in [-0.2, 0) is 0 Å². The summed E-state index contributed by atoms with van der Waals surface area (Å²) in [5, 5.41) is 14.5. The number of rotatable bonds is 3. The Labute approximate surface area is 121 Å². The molecular formula is C16H15N3O2. The summed E-state index contributed by atoms with van der Waals surface area (Å²) in [6.45, 7) is 4.12. The molecule has 0 radical (unpaired) electrons. The Balaban J connectivity index is 2.20. The second kappa shape index (κ2) is 5.01. The van der Waals surface area contributed by atoms with Crippen LogP contribution in [0.25, 0.3) is 16.7 Å². The minimum atomic E-state index is -0.967. The van der Waals surface area contributed by atoms with Gasteiger partial charge in [0.15, 0.2) is 5.82 Å². The zero-order chi connectivity index (χ0) is 15.0. The molecule has 3 aromatic rings. The molecule has 5 heteroatoms. The Bertz CT molecular complexity index is 821. The van der Waals surface area contributed by atoms with Gasteiger partial charge in [0.2, 0.25) is 0 Å². The normalized spacial score (nSPS) is 11.2. The Hall–Kier alpha value is -2.69. The first-order chi connectivity index (χ1) is 10.1. The van der Waals surface area contributed by atoms with Crippen LogP contribution in [0, 0.1) is 0 Å². The quantitative estimate of drug-likeness (QED) is 0.800. The highest BCUT2D eigenvalue weighted by Crippen LogP contribution is 2.21. The van der Waals surface area contributed by atoms with Gasteiger partial charge in [-0.05, 0) is 24.1 Å². The van der Waals surface area contributed by atoms with Crippen LogP contribution in [0.1, 0.15) is 35.8 Å². The fourth-order valence-corrected chi connectivity index (χ4v) is 2.23. The van der Waals surface area contributed by atoms with E-state index in [0.717, 1.165) is 5.69 Å². The molecular weight excluding hydrogens is 266 g/mol. The van der Waals surface area contributed by atoms with Gasteiger partial charge in [-0.2, -0.15) is 5.10 Å². The van der Waals surface area contributed by atoms with E-state index >= 15 is 0 Å². The highest BCUT2D eigenvalue weighted by molar-refractivity contribution is 6.02. The molecule has 0 spiro atoms. The van der Waals surface area contributed by atoms with Crippen LogP contribution in [0.2, 0.25) is 0 Å². The van der Waals surface area contributed by atoms with Crippen molar-refractivity contribution < 1.29 is 9.90 Å². The van der Waals surface area contributed by atoms with E-state index in [1.807, 2.05) is 12.1 Å². The number of carboxylic acids is 1. The van der Waals surface area contributed by atoms with Crippen LogP contribution in [-0.4, -0.2) is 25.8 Å². The number of pyridine rings is 1. The first-order valence-electron chi connectivity index (χ1n) is 6.75. The third kappa shape index (κ3) is 2.38. The fraction of sp³-hybridized carbons (Fsp3) is 0.188. The maximum Gasteiger partial charge on any atom is 0.336 e. The van der Waals surface area contributed by atoms with Gasteiger partial charge in [-0.3, -0.25) is 0 Å². The summed E-state index contributed by atoms with van der Waals surface area (Å²) in [6, 6.07) is 10.7. The monoisotopic (exact) mass is 281 g/mol. The first kappa shape index (κ1) is 13.3. The zero-order valence-electron chi connectivity index (χ0n) is 11.8. The van der Waals surface area contributed by atoms with Gasteiger partial charge in [-0.15, -0.1) is 0 Å². The molecule has 0 saturated heterocycles. The molecule has 106 valence electrons. The average Bonchev–Trinajstić information content (AvgIpc) is 2.96. The number of benzene rings is 1. The summed E-state index contributed by atoms with van der Waals surface area (Å²) < 4.78 is 1.62. The summed E-state index contributed by atoms with van der Waals surface area (Å²) in [5.41, 5.74) is 1.83. The van der Waals surface area contributed by atoms with Crippen molar-refractivity contribution in [3.63, 3.8) is 0 Å². The lowest BCUT2D eigenvalue weighted by Gasteiger charge is -2.07. The lowest BCUT2D eigenvalue weighted by Crippen LogP contribution is -2.05. The van der Waals surface area contributed by atoms with Crippen molar-refractivity contribution in [1.82, 2.24) is 14.8 Å². The van der Waals surface area contributed by atoms with Gasteiger partial charge in [0.1, 0.15) is 0 Å². The molecule has 21 heavy (non-hydrogen) atoms. The first-order valence-corrected chi connectivity index (χ1v) is 6.75. The molecule has 1 aromatic carbocycles. The Morgan fingerprint density at radius 2 is 2.00 bits per heavy atom. The highest BCUT2D eigenvalue weighted by Gasteiger charge is 2.13. The van der Waals surface area contributed by atoms with E-state index in [2.05, 4.69) is 23.9 Å². The highest BCUT2D eigenvalue weighted by atomic mass is 16.4. The Kier molecular flexibility index (Phi) is 3.17. The van der Waals surface area contributed by atoms with E-state index in [-0.39, 0.29) is 5.56 Å². The van der Waals surface area contributed by atoms with Crippen LogP contribution < -0.4 is 0 Å². The van der Waals surface area contributed by atoms with E-state index in [4.69, 9.17) is 0 Å². The maximum atomic E-state index is 11.5. The van der Waals surface area contributed by atoms with Crippen LogP contribution in [0.5, 0.6) is 0 Å². The molecule has 5 nitrogen and oxygen atoms in total. The number of nitrogens with zero attached hydrogens (tertiary/aromatic N) is 3. The van der Waals surface area contributed by atoms with Crippen molar-refractivity contribution >= 4 is 16.9 Å². The lowest BCUT2D eigenvalue weighted by molar-refractivity contribution is 0.0699. The minimum Gasteiger partial charge on any atom is -0.478 e. The van der Waals surface area contributed by atoms with Crippen molar-refractivity contribution in [3.8, 4) is 5.82 Å². The number of carbonyl (C=O) groups is 1. The summed E-state index contributed by atoms with van der Waals surface area (Å²) in [6.07, 6.45) is 1.80. The lowest BCUT2D eigenvalue weighted by atomic mass is 10.1. The summed E-state index contributed by atoms with van der Waals surface area (Å²) in [4.78, 5) is 16.0. The molecule has 3 rings (SSSR count). The van der Waals surface area contributed by atoms with Gasteiger partial charge in [0.05, 0.1) is 16.8 Å². The van der Waals surface area contributed by atoms with E-state index in [1.54, 1.807) is 35.1 Å². The van der Waals surface area contributed by atoms with Crippen LogP contribution in [0.3, 0.4) is 0 Å². The van der Waals surface area contributed by atoms with E-state index < -0.39 is 5.97 Å². The molecule has 0 bridgehead atoms. The van der Waals surface area contributed by atoms with Crippen molar-refractivity contribution in [2.24, 2.45) is 0 Å². The number of hydrogen-bond donors (Lipinski definition) is 1. The maximum absolute atomic E-state index is 11.5. The second-order valence-electron chi connectivity index (χ2n) is 5.19. The van der Waals surface area contributed by atoms with E-state index in [9.17, 15) is 9.90 Å². The second-order valence-corrected chi connectivity index (χ2v) is 5.19. The molecule has 0 aliphatic rings. The van der Waals surface area contributed by atoms with Gasteiger partial charge in [-0.1, -0.05) is 32.0 Å². The van der Waals surface area contributed by atoms with Gasteiger partial charge < -0.3 is 5.11 Å². The number of aromatic nitrogens is 3. The molecule has 0 amide bonds. The molecule has 2 aromatic heterocycles. The van der Waals surface area contributed by atoms with Gasteiger partial charge in [0, 0.05) is 11.6 Å².